The summed E-state index contributed by atoms with van der Waals surface area (Å²) in [6, 6.07) is 7.99. The van der Waals surface area contributed by atoms with Gasteiger partial charge < -0.3 is 10.1 Å². The zero-order valence-electron chi connectivity index (χ0n) is 14.4. The number of amides is 1. The van der Waals surface area contributed by atoms with Crippen molar-refractivity contribution < 1.29 is 9.53 Å². The Morgan fingerprint density at radius 2 is 2.00 bits per heavy atom. The Hall–Kier alpha value is -1.77. The monoisotopic (exact) mass is 315 g/mol. The minimum Gasteiger partial charge on any atom is -0.481 e. The number of nitrogens with one attached hydrogen (secondary N) is 1. The Kier molecular flexibility index (Phi) is 7.18. The van der Waals surface area contributed by atoms with Crippen molar-refractivity contribution in [3.05, 3.63) is 41.5 Å². The third kappa shape index (κ3) is 5.74. The third-order valence-electron chi connectivity index (χ3n) is 4.40. The molecule has 0 heterocycles. The largest absolute Gasteiger partial charge is 0.481 e. The average Bonchev–Trinajstić information content (AvgIpc) is 2.61. The number of ether oxygens (including phenoxy) is 1. The van der Waals surface area contributed by atoms with Crippen molar-refractivity contribution in [2.24, 2.45) is 0 Å². The number of carbonyl (C=O) groups excluding carboxylic acids is 1. The van der Waals surface area contributed by atoms with Crippen LogP contribution in [-0.4, -0.2) is 18.6 Å². The lowest BCUT2D eigenvalue weighted by atomic mass is 9.97. The van der Waals surface area contributed by atoms with E-state index in [0.29, 0.717) is 13.0 Å². The van der Waals surface area contributed by atoms with Crippen LogP contribution in [0.15, 0.2) is 35.9 Å². The van der Waals surface area contributed by atoms with Gasteiger partial charge in [-0.15, -0.1) is 0 Å². The van der Waals surface area contributed by atoms with Gasteiger partial charge in [-0.3, -0.25) is 4.79 Å². The molecule has 3 nitrogen and oxygen atoms in total. The smallest absolute Gasteiger partial charge is 0.261 e. The Bertz CT molecular complexity index is 519. The van der Waals surface area contributed by atoms with Gasteiger partial charge in [0.2, 0.25) is 0 Å². The minimum absolute atomic E-state index is 0.0107. The molecule has 0 bridgehead atoms. The van der Waals surface area contributed by atoms with Crippen molar-refractivity contribution in [3.8, 4) is 5.75 Å². The predicted octanol–water partition coefficient (Wildman–Crippen LogP) is 4.41. The average molecular weight is 315 g/mol. The van der Waals surface area contributed by atoms with Crippen LogP contribution in [0, 0.1) is 0 Å². The lowest BCUT2D eigenvalue weighted by Crippen LogP contribution is -2.38. The lowest BCUT2D eigenvalue weighted by Gasteiger charge is -2.18. The molecule has 1 aromatic carbocycles. The van der Waals surface area contributed by atoms with Gasteiger partial charge in [-0.2, -0.15) is 0 Å². The van der Waals surface area contributed by atoms with E-state index in [0.717, 1.165) is 18.6 Å². The molecule has 1 aliphatic rings. The molecule has 1 atom stereocenters. The molecule has 3 heteroatoms. The van der Waals surface area contributed by atoms with Crippen molar-refractivity contribution in [2.75, 3.05) is 6.54 Å². The summed E-state index contributed by atoms with van der Waals surface area (Å²) in [5.41, 5.74) is 2.76. The predicted molar refractivity (Wildman–Crippen MR) is 94.7 cm³/mol. The number of carbonyl (C=O) groups is 1. The SMILES string of the molecule is CCc1ccc(OC(CC)C(=O)NCCC2=CCCCC2)cc1. The molecule has 0 aliphatic heterocycles. The van der Waals surface area contributed by atoms with Gasteiger partial charge in [0.15, 0.2) is 6.10 Å². The topological polar surface area (TPSA) is 38.3 Å². The lowest BCUT2D eigenvalue weighted by molar-refractivity contribution is -0.128. The summed E-state index contributed by atoms with van der Waals surface area (Å²) in [7, 11) is 0. The molecule has 126 valence electrons. The highest BCUT2D eigenvalue weighted by atomic mass is 16.5. The van der Waals surface area contributed by atoms with Crippen LogP contribution in [0.5, 0.6) is 5.75 Å². The molecule has 1 N–H and O–H groups in total. The fourth-order valence-corrected chi connectivity index (χ4v) is 2.88. The summed E-state index contributed by atoms with van der Waals surface area (Å²) >= 11 is 0. The second kappa shape index (κ2) is 9.39. The van der Waals surface area contributed by atoms with Crippen LogP contribution in [0.25, 0.3) is 0 Å². The molecule has 0 saturated carbocycles. The first-order valence-electron chi connectivity index (χ1n) is 8.94. The van der Waals surface area contributed by atoms with Crippen molar-refractivity contribution >= 4 is 5.91 Å². The van der Waals surface area contributed by atoms with Crippen LogP contribution in [0.4, 0.5) is 0 Å². The van der Waals surface area contributed by atoms with Crippen LogP contribution in [-0.2, 0) is 11.2 Å². The number of benzene rings is 1. The van der Waals surface area contributed by atoms with Gasteiger partial charge in [-0.1, -0.05) is 37.6 Å². The van der Waals surface area contributed by atoms with E-state index < -0.39 is 6.10 Å². The zero-order chi connectivity index (χ0) is 16.5. The number of allylic oxidation sites excluding steroid dienone is 1. The second-order valence-electron chi connectivity index (χ2n) is 6.16. The number of hydrogen-bond donors (Lipinski definition) is 1. The second-order valence-corrected chi connectivity index (χ2v) is 6.16. The summed E-state index contributed by atoms with van der Waals surface area (Å²) in [6.45, 7) is 4.81. The number of aryl methyl sites for hydroxylation is 1. The molecule has 1 unspecified atom stereocenters. The van der Waals surface area contributed by atoms with Gasteiger partial charge in [0, 0.05) is 6.54 Å². The van der Waals surface area contributed by atoms with Gasteiger partial charge in [-0.05, 0) is 62.6 Å². The molecule has 23 heavy (non-hydrogen) atoms. The summed E-state index contributed by atoms with van der Waals surface area (Å²) in [6.07, 6.45) is 9.53. The van der Waals surface area contributed by atoms with E-state index in [1.807, 2.05) is 19.1 Å². The van der Waals surface area contributed by atoms with Crippen LogP contribution in [0.3, 0.4) is 0 Å². The highest BCUT2D eigenvalue weighted by molar-refractivity contribution is 5.81. The molecule has 0 spiro atoms. The molecular formula is C20H29NO2. The van der Waals surface area contributed by atoms with Crippen molar-refractivity contribution in [3.63, 3.8) is 0 Å². The Morgan fingerprint density at radius 3 is 2.61 bits per heavy atom. The summed E-state index contributed by atoms with van der Waals surface area (Å²) in [5.74, 6) is 0.752. The van der Waals surface area contributed by atoms with Crippen LogP contribution in [0.2, 0.25) is 0 Å². The molecule has 1 amide bonds. The highest BCUT2D eigenvalue weighted by Gasteiger charge is 2.18. The molecule has 1 aliphatic carbocycles. The van der Waals surface area contributed by atoms with Gasteiger partial charge >= 0.3 is 0 Å². The summed E-state index contributed by atoms with van der Waals surface area (Å²) in [5, 5.41) is 3.02. The maximum atomic E-state index is 12.3. The van der Waals surface area contributed by atoms with Gasteiger partial charge in [0.1, 0.15) is 5.75 Å². The summed E-state index contributed by atoms with van der Waals surface area (Å²) < 4.78 is 5.84. The first-order valence-corrected chi connectivity index (χ1v) is 8.94. The van der Waals surface area contributed by atoms with Crippen LogP contribution >= 0.6 is 0 Å². The van der Waals surface area contributed by atoms with Gasteiger partial charge in [0.25, 0.3) is 5.91 Å². The van der Waals surface area contributed by atoms with E-state index in [2.05, 4.69) is 30.4 Å². The van der Waals surface area contributed by atoms with E-state index in [-0.39, 0.29) is 5.91 Å². The molecule has 1 aromatic rings. The fourth-order valence-electron chi connectivity index (χ4n) is 2.88. The van der Waals surface area contributed by atoms with Gasteiger partial charge in [-0.25, -0.2) is 0 Å². The third-order valence-corrected chi connectivity index (χ3v) is 4.40. The van der Waals surface area contributed by atoms with E-state index in [1.54, 1.807) is 0 Å². The standard InChI is InChI=1S/C20H29NO2/c1-3-16-10-12-18(13-11-16)23-19(4-2)20(22)21-15-14-17-8-6-5-7-9-17/h8,10-13,19H,3-7,9,14-15H2,1-2H3,(H,21,22). The maximum absolute atomic E-state index is 12.3. The number of hydrogen-bond acceptors (Lipinski definition) is 2. The molecule has 0 saturated heterocycles. The Balaban J connectivity index is 1.79. The van der Waals surface area contributed by atoms with Crippen LogP contribution < -0.4 is 10.1 Å². The molecule has 0 radical (unpaired) electrons. The molecular weight excluding hydrogens is 286 g/mol. The molecule has 0 aromatic heterocycles. The van der Waals surface area contributed by atoms with E-state index in [1.165, 1.54) is 36.8 Å². The van der Waals surface area contributed by atoms with E-state index in [9.17, 15) is 4.79 Å². The Labute approximate surface area is 140 Å². The maximum Gasteiger partial charge on any atom is 0.261 e. The fraction of sp³-hybridized carbons (Fsp3) is 0.550. The van der Waals surface area contributed by atoms with E-state index >= 15 is 0 Å². The first-order chi connectivity index (χ1) is 11.2. The quantitative estimate of drug-likeness (QED) is 0.721. The first kappa shape index (κ1) is 17.6. The van der Waals surface area contributed by atoms with Crippen molar-refractivity contribution in [1.82, 2.24) is 5.32 Å². The van der Waals surface area contributed by atoms with Crippen molar-refractivity contribution in [1.29, 1.82) is 0 Å². The highest BCUT2D eigenvalue weighted by Crippen LogP contribution is 2.19. The Morgan fingerprint density at radius 1 is 1.22 bits per heavy atom. The zero-order valence-corrected chi connectivity index (χ0v) is 14.4. The van der Waals surface area contributed by atoms with Gasteiger partial charge in [0.05, 0.1) is 0 Å². The minimum atomic E-state index is -0.414. The van der Waals surface area contributed by atoms with Crippen LogP contribution in [0.1, 0.15) is 57.9 Å². The van der Waals surface area contributed by atoms with E-state index in [4.69, 9.17) is 4.74 Å². The van der Waals surface area contributed by atoms with Crippen molar-refractivity contribution in [2.45, 2.75) is 64.9 Å². The number of rotatable bonds is 8. The summed E-state index contributed by atoms with van der Waals surface area (Å²) in [4.78, 5) is 12.3. The normalized spacial score (nSPS) is 15.7. The molecule has 2 rings (SSSR count). The molecule has 0 fully saturated rings.